The number of rotatable bonds is 75. The molecule has 0 aromatic carbocycles. The third-order valence-electron chi connectivity index (χ3n) is 17.7. The second kappa shape index (κ2) is 67.9. The van der Waals surface area contributed by atoms with Gasteiger partial charge in [0.25, 0.3) is 0 Å². The summed E-state index contributed by atoms with van der Waals surface area (Å²) in [5.41, 5.74) is 0. The highest BCUT2D eigenvalue weighted by atomic mass is 31.2. The maximum Gasteiger partial charge on any atom is 0.472 e. The van der Waals surface area contributed by atoms with E-state index in [4.69, 9.17) is 37.0 Å². The number of hydrogen-bond donors (Lipinski definition) is 3. The number of ether oxygens (including phenoxy) is 4. The molecule has 17 nitrogen and oxygen atoms in total. The molecule has 0 bridgehead atoms. The topological polar surface area (TPSA) is 237 Å². The van der Waals surface area contributed by atoms with E-state index < -0.39 is 97.5 Å². The Hall–Kier alpha value is -1.94. The van der Waals surface area contributed by atoms with Gasteiger partial charge in [0.2, 0.25) is 0 Å². The van der Waals surface area contributed by atoms with Gasteiger partial charge in [0.1, 0.15) is 19.3 Å². The molecule has 0 rings (SSSR count). The van der Waals surface area contributed by atoms with Gasteiger partial charge in [0.05, 0.1) is 26.4 Å². The van der Waals surface area contributed by atoms with Crippen molar-refractivity contribution in [2.24, 2.45) is 11.8 Å². The van der Waals surface area contributed by atoms with Crippen LogP contribution in [0.15, 0.2) is 0 Å². The van der Waals surface area contributed by atoms with Gasteiger partial charge in [0.15, 0.2) is 12.2 Å². The van der Waals surface area contributed by atoms with Crippen molar-refractivity contribution in [3.63, 3.8) is 0 Å². The standard InChI is InChI=1S/C76H148O17P2/c1-7-9-11-13-15-16-17-18-19-20-21-22-25-31-36-42-48-54-60-75(80)93-72(65-87-74(79)59-53-47-41-35-30-26-23-24-28-33-39-44-50-56-68(3)4)67-91-95(84,85)89-63-70(77)62-88-94(82,83)90-66-71(64-86-73(78)58-52-46-38-14-12-10-8-2)92-76(81)61-55-49-43-37-32-27-29-34-40-45-51-57-69(5)6/h68-72,77H,7-67H2,1-6H3,(H,82,83)(H,84,85)/t70-,71+,72+/m0/s1. The molecule has 0 saturated heterocycles. The third-order valence-corrected chi connectivity index (χ3v) is 19.6. The van der Waals surface area contributed by atoms with Crippen molar-refractivity contribution in [2.75, 3.05) is 39.6 Å². The number of carbonyl (C=O) groups is 4. The van der Waals surface area contributed by atoms with E-state index in [0.717, 1.165) is 115 Å². The molecule has 0 aliphatic rings. The van der Waals surface area contributed by atoms with Crippen LogP contribution in [-0.2, 0) is 65.4 Å². The van der Waals surface area contributed by atoms with Crippen molar-refractivity contribution in [1.82, 2.24) is 0 Å². The van der Waals surface area contributed by atoms with Crippen LogP contribution in [0.3, 0.4) is 0 Å². The van der Waals surface area contributed by atoms with Crippen molar-refractivity contribution in [3.8, 4) is 0 Å². The Balaban J connectivity index is 5.20. The number of phosphoric ester groups is 2. The van der Waals surface area contributed by atoms with Gasteiger partial charge in [-0.2, -0.15) is 0 Å². The lowest BCUT2D eigenvalue weighted by Gasteiger charge is -2.21. The lowest BCUT2D eigenvalue weighted by atomic mass is 10.0. The number of hydrogen-bond acceptors (Lipinski definition) is 15. The Morgan fingerprint density at radius 1 is 0.284 bits per heavy atom. The minimum absolute atomic E-state index is 0.106. The molecule has 0 heterocycles. The van der Waals surface area contributed by atoms with Crippen LogP contribution in [0.25, 0.3) is 0 Å². The molecule has 0 aromatic heterocycles. The van der Waals surface area contributed by atoms with E-state index in [1.165, 1.54) is 199 Å². The quantitative estimate of drug-likeness (QED) is 0.0222. The Labute approximate surface area is 581 Å². The molecule has 5 atom stereocenters. The highest BCUT2D eigenvalue weighted by Gasteiger charge is 2.30. The molecule has 564 valence electrons. The van der Waals surface area contributed by atoms with Crippen LogP contribution >= 0.6 is 15.6 Å². The summed E-state index contributed by atoms with van der Waals surface area (Å²) in [6.45, 7) is 9.58. The van der Waals surface area contributed by atoms with Crippen molar-refractivity contribution >= 4 is 39.5 Å². The fourth-order valence-corrected chi connectivity index (χ4v) is 13.2. The van der Waals surface area contributed by atoms with Crippen LogP contribution in [-0.4, -0.2) is 96.7 Å². The smallest absolute Gasteiger partial charge is 0.462 e. The van der Waals surface area contributed by atoms with Crippen molar-refractivity contribution < 1.29 is 80.2 Å². The minimum atomic E-state index is -4.96. The first kappa shape index (κ1) is 93.1. The average Bonchev–Trinajstić information content (AvgIpc) is 1.70. The summed E-state index contributed by atoms with van der Waals surface area (Å²) in [6, 6.07) is 0. The predicted molar refractivity (Wildman–Crippen MR) is 386 cm³/mol. The van der Waals surface area contributed by atoms with Crippen LogP contribution in [0.5, 0.6) is 0 Å². The molecule has 2 unspecified atom stereocenters. The second-order valence-corrected chi connectivity index (χ2v) is 31.3. The van der Waals surface area contributed by atoms with Gasteiger partial charge in [-0.15, -0.1) is 0 Å². The number of esters is 4. The first-order valence-electron chi connectivity index (χ1n) is 39.5. The van der Waals surface area contributed by atoms with Gasteiger partial charge in [-0.3, -0.25) is 37.3 Å². The van der Waals surface area contributed by atoms with E-state index >= 15 is 0 Å². The first-order chi connectivity index (χ1) is 45.9. The van der Waals surface area contributed by atoms with Gasteiger partial charge >= 0.3 is 39.5 Å². The molecule has 0 saturated carbocycles. The Kier molecular flexibility index (Phi) is 66.5. The Morgan fingerprint density at radius 2 is 0.484 bits per heavy atom. The van der Waals surface area contributed by atoms with Gasteiger partial charge in [0, 0.05) is 25.7 Å². The van der Waals surface area contributed by atoms with E-state index in [9.17, 15) is 43.2 Å². The number of aliphatic hydroxyl groups is 1. The Morgan fingerprint density at radius 3 is 0.716 bits per heavy atom. The number of phosphoric acid groups is 2. The number of aliphatic hydroxyl groups excluding tert-OH is 1. The average molecular weight is 1400 g/mol. The summed E-state index contributed by atoms with van der Waals surface area (Å²) in [5.74, 6) is -0.562. The molecule has 0 fully saturated rings. The highest BCUT2D eigenvalue weighted by Crippen LogP contribution is 2.45. The maximum atomic E-state index is 13.1. The molecule has 0 spiro atoms. The lowest BCUT2D eigenvalue weighted by Crippen LogP contribution is -2.30. The monoisotopic (exact) mass is 1400 g/mol. The summed E-state index contributed by atoms with van der Waals surface area (Å²) in [7, 11) is -9.91. The van der Waals surface area contributed by atoms with Gasteiger partial charge in [-0.1, -0.05) is 343 Å². The molecule has 0 aromatic rings. The van der Waals surface area contributed by atoms with Crippen LogP contribution < -0.4 is 0 Å². The fourth-order valence-electron chi connectivity index (χ4n) is 11.7. The van der Waals surface area contributed by atoms with Crippen LogP contribution in [0.1, 0.15) is 395 Å². The van der Waals surface area contributed by atoms with E-state index in [1.807, 2.05) is 0 Å². The summed E-state index contributed by atoms with van der Waals surface area (Å²) in [4.78, 5) is 72.7. The summed E-state index contributed by atoms with van der Waals surface area (Å²) in [5, 5.41) is 10.6. The zero-order chi connectivity index (χ0) is 70.0. The second-order valence-electron chi connectivity index (χ2n) is 28.3. The highest BCUT2D eigenvalue weighted by molar-refractivity contribution is 7.47. The first-order valence-corrected chi connectivity index (χ1v) is 42.5. The minimum Gasteiger partial charge on any atom is -0.462 e. The van der Waals surface area contributed by atoms with Crippen molar-refractivity contribution in [3.05, 3.63) is 0 Å². The zero-order valence-corrected chi connectivity index (χ0v) is 63.8. The number of carbonyl (C=O) groups excluding carboxylic acids is 4. The molecule has 95 heavy (non-hydrogen) atoms. The summed E-state index contributed by atoms with van der Waals surface area (Å²) in [6.07, 6.45) is 55.6. The molecule has 0 aliphatic carbocycles. The molecule has 19 heteroatoms. The number of unbranched alkanes of at least 4 members (excludes halogenated alkanes) is 45. The molecule has 0 aliphatic heterocycles. The SMILES string of the molecule is CCCCCCCCCCCCCCCCCCCCC(=O)O[C@H](COC(=O)CCCCCCCCCCCCCCCC(C)C)COP(=O)(O)OC[C@@H](O)COP(=O)(O)OC[C@@H](COC(=O)CCCCCCCCC)OC(=O)CCCCCCCCCCCCCC(C)C. The maximum absolute atomic E-state index is 13.1. The Bertz CT molecular complexity index is 1840. The van der Waals surface area contributed by atoms with Gasteiger partial charge in [-0.05, 0) is 37.5 Å². The molecular formula is C76H148O17P2. The van der Waals surface area contributed by atoms with E-state index in [-0.39, 0.29) is 25.7 Å². The van der Waals surface area contributed by atoms with Crippen molar-refractivity contribution in [1.29, 1.82) is 0 Å². The molecule has 0 amide bonds. The zero-order valence-electron chi connectivity index (χ0n) is 62.0. The lowest BCUT2D eigenvalue weighted by molar-refractivity contribution is -0.161. The molecule has 0 radical (unpaired) electrons. The van der Waals surface area contributed by atoms with Gasteiger partial charge in [-0.25, -0.2) is 9.13 Å². The predicted octanol–water partition coefficient (Wildman–Crippen LogP) is 22.3. The molecular weight excluding hydrogens is 1250 g/mol. The van der Waals surface area contributed by atoms with E-state index in [2.05, 4.69) is 41.5 Å². The normalized spacial score (nSPS) is 14.0. The van der Waals surface area contributed by atoms with Gasteiger partial charge < -0.3 is 33.8 Å². The van der Waals surface area contributed by atoms with Crippen molar-refractivity contribution in [2.45, 2.75) is 413 Å². The summed E-state index contributed by atoms with van der Waals surface area (Å²) < 4.78 is 68.4. The van der Waals surface area contributed by atoms with E-state index in [1.54, 1.807) is 0 Å². The van der Waals surface area contributed by atoms with E-state index in [0.29, 0.717) is 25.7 Å². The largest absolute Gasteiger partial charge is 0.472 e. The van der Waals surface area contributed by atoms with Crippen LogP contribution in [0.4, 0.5) is 0 Å². The van der Waals surface area contributed by atoms with Crippen LogP contribution in [0.2, 0.25) is 0 Å². The molecule has 3 N–H and O–H groups in total. The van der Waals surface area contributed by atoms with Crippen LogP contribution in [0, 0.1) is 11.8 Å². The summed E-state index contributed by atoms with van der Waals surface area (Å²) >= 11 is 0. The fraction of sp³-hybridized carbons (Fsp3) is 0.947. The third kappa shape index (κ3) is 70.3.